The fourth-order valence-electron chi connectivity index (χ4n) is 3.65. The molecule has 5 aromatic rings. The van der Waals surface area contributed by atoms with Gasteiger partial charge in [0.15, 0.2) is 11.6 Å². The molecule has 0 spiro atoms. The van der Waals surface area contributed by atoms with Gasteiger partial charge in [-0.25, -0.2) is 4.39 Å². The van der Waals surface area contributed by atoms with Crippen LogP contribution in [0.4, 0.5) is 4.39 Å². The SMILES string of the molecule is Cn1ccc2ccc(C=Cc3cc(C=Cc4ccc(OCc5ccccn5)c(F)c4)n[nH]3)cc21. The summed E-state index contributed by atoms with van der Waals surface area (Å²) in [6, 6.07) is 20.8. The summed E-state index contributed by atoms with van der Waals surface area (Å²) in [7, 11) is 2.04. The average molecular weight is 451 g/mol. The number of halogens is 1. The number of pyridine rings is 1. The van der Waals surface area contributed by atoms with Crippen LogP contribution in [0.3, 0.4) is 0 Å². The van der Waals surface area contributed by atoms with Crippen molar-refractivity contribution in [2.45, 2.75) is 6.61 Å². The maximum absolute atomic E-state index is 14.4. The average Bonchev–Trinajstić information content (AvgIpc) is 3.48. The van der Waals surface area contributed by atoms with Gasteiger partial charge in [0.25, 0.3) is 0 Å². The molecule has 6 heteroatoms. The molecule has 0 aliphatic heterocycles. The van der Waals surface area contributed by atoms with Gasteiger partial charge in [-0.1, -0.05) is 36.4 Å². The Hall–Kier alpha value is -4.45. The van der Waals surface area contributed by atoms with E-state index in [0.29, 0.717) is 0 Å². The van der Waals surface area contributed by atoms with Gasteiger partial charge in [-0.3, -0.25) is 10.1 Å². The molecule has 2 aromatic carbocycles. The zero-order chi connectivity index (χ0) is 23.3. The molecule has 168 valence electrons. The first-order chi connectivity index (χ1) is 16.6. The number of fused-ring (bicyclic) bond motifs is 1. The number of aromatic nitrogens is 4. The van der Waals surface area contributed by atoms with Gasteiger partial charge in [-0.05, 0) is 71.1 Å². The van der Waals surface area contributed by atoms with Gasteiger partial charge in [-0.15, -0.1) is 0 Å². The molecule has 5 rings (SSSR count). The monoisotopic (exact) mass is 450 g/mol. The summed E-state index contributed by atoms with van der Waals surface area (Å²) in [5.74, 6) is -0.220. The largest absolute Gasteiger partial charge is 0.484 e. The van der Waals surface area contributed by atoms with Gasteiger partial charge in [0.05, 0.1) is 17.1 Å². The van der Waals surface area contributed by atoms with Crippen LogP contribution in [0.25, 0.3) is 35.2 Å². The molecule has 34 heavy (non-hydrogen) atoms. The van der Waals surface area contributed by atoms with Crippen LogP contribution in [0, 0.1) is 5.82 Å². The van der Waals surface area contributed by atoms with Crippen LogP contribution in [-0.4, -0.2) is 19.7 Å². The van der Waals surface area contributed by atoms with Crippen LogP contribution < -0.4 is 4.74 Å². The zero-order valence-corrected chi connectivity index (χ0v) is 18.6. The van der Waals surface area contributed by atoms with Crippen LogP contribution in [0.5, 0.6) is 5.75 Å². The van der Waals surface area contributed by atoms with E-state index in [1.54, 1.807) is 18.3 Å². The molecule has 0 aliphatic rings. The minimum absolute atomic E-state index is 0.198. The van der Waals surface area contributed by atoms with E-state index in [-0.39, 0.29) is 12.4 Å². The summed E-state index contributed by atoms with van der Waals surface area (Å²) >= 11 is 0. The number of benzene rings is 2. The fourth-order valence-corrected chi connectivity index (χ4v) is 3.65. The number of nitrogens with zero attached hydrogens (tertiary/aromatic N) is 3. The molecule has 1 N–H and O–H groups in total. The lowest BCUT2D eigenvalue weighted by Gasteiger charge is -2.07. The van der Waals surface area contributed by atoms with Crippen molar-refractivity contribution < 1.29 is 9.13 Å². The van der Waals surface area contributed by atoms with Crippen LogP contribution in [-0.2, 0) is 13.7 Å². The van der Waals surface area contributed by atoms with Crippen LogP contribution >= 0.6 is 0 Å². The lowest BCUT2D eigenvalue weighted by Crippen LogP contribution is -1.99. The van der Waals surface area contributed by atoms with Crippen LogP contribution in [0.1, 0.15) is 28.2 Å². The Morgan fingerprint density at radius 2 is 1.79 bits per heavy atom. The third kappa shape index (κ3) is 4.96. The zero-order valence-electron chi connectivity index (χ0n) is 18.6. The van der Waals surface area contributed by atoms with Gasteiger partial charge < -0.3 is 9.30 Å². The van der Waals surface area contributed by atoms with E-state index in [4.69, 9.17) is 4.74 Å². The Morgan fingerprint density at radius 3 is 2.65 bits per heavy atom. The van der Waals surface area contributed by atoms with E-state index >= 15 is 0 Å². The molecule has 0 bridgehead atoms. The molecule has 0 atom stereocenters. The van der Waals surface area contributed by atoms with Crippen LogP contribution in [0.2, 0.25) is 0 Å². The second-order valence-corrected chi connectivity index (χ2v) is 7.96. The molecule has 0 radical (unpaired) electrons. The molecule has 3 aromatic heterocycles. The summed E-state index contributed by atoms with van der Waals surface area (Å²) in [6.45, 7) is 0.218. The smallest absolute Gasteiger partial charge is 0.165 e. The number of hydrogen-bond donors (Lipinski definition) is 1. The van der Waals surface area contributed by atoms with Crippen molar-refractivity contribution in [3.05, 3.63) is 113 Å². The third-order valence-corrected chi connectivity index (χ3v) is 5.49. The van der Waals surface area contributed by atoms with E-state index in [9.17, 15) is 4.39 Å². The van der Waals surface area contributed by atoms with E-state index < -0.39 is 5.82 Å². The predicted molar refractivity (Wildman–Crippen MR) is 134 cm³/mol. The van der Waals surface area contributed by atoms with Crippen molar-refractivity contribution in [2.24, 2.45) is 7.05 Å². The van der Waals surface area contributed by atoms with E-state index in [1.807, 2.05) is 55.6 Å². The maximum Gasteiger partial charge on any atom is 0.165 e. The van der Waals surface area contributed by atoms with E-state index in [0.717, 1.165) is 28.2 Å². The Kier molecular flexibility index (Phi) is 6.03. The van der Waals surface area contributed by atoms with Crippen LogP contribution in [0.15, 0.2) is 79.1 Å². The van der Waals surface area contributed by atoms with E-state index in [1.165, 1.54) is 17.0 Å². The van der Waals surface area contributed by atoms with Gasteiger partial charge in [0.1, 0.15) is 6.61 Å². The summed E-state index contributed by atoms with van der Waals surface area (Å²) in [4.78, 5) is 4.18. The second kappa shape index (κ2) is 9.58. The lowest BCUT2D eigenvalue weighted by molar-refractivity contribution is 0.286. The Balaban J connectivity index is 1.22. The number of rotatable bonds is 7. The third-order valence-electron chi connectivity index (χ3n) is 5.49. The number of nitrogens with one attached hydrogen (secondary N) is 1. The first-order valence-corrected chi connectivity index (χ1v) is 10.9. The highest BCUT2D eigenvalue weighted by atomic mass is 19.1. The molecular weight excluding hydrogens is 427 g/mol. The topological polar surface area (TPSA) is 55.7 Å². The van der Waals surface area contributed by atoms with Crippen molar-refractivity contribution in [1.82, 2.24) is 19.7 Å². The molecule has 5 nitrogen and oxygen atoms in total. The van der Waals surface area contributed by atoms with Crippen molar-refractivity contribution in [3.63, 3.8) is 0 Å². The molecule has 0 unspecified atom stereocenters. The molecule has 0 saturated heterocycles. The highest BCUT2D eigenvalue weighted by molar-refractivity contribution is 5.84. The summed E-state index contributed by atoms with van der Waals surface area (Å²) < 4.78 is 22.1. The molecule has 0 amide bonds. The maximum atomic E-state index is 14.4. The minimum atomic E-state index is -0.418. The molecule has 3 heterocycles. The van der Waals surface area contributed by atoms with Crippen molar-refractivity contribution in [1.29, 1.82) is 0 Å². The Morgan fingerprint density at radius 1 is 0.941 bits per heavy atom. The van der Waals surface area contributed by atoms with E-state index in [2.05, 4.69) is 50.2 Å². The highest BCUT2D eigenvalue weighted by Gasteiger charge is 2.05. The van der Waals surface area contributed by atoms with Crippen molar-refractivity contribution >= 4 is 35.2 Å². The molecular formula is C28H23FN4O. The second-order valence-electron chi connectivity index (χ2n) is 7.96. The van der Waals surface area contributed by atoms with Gasteiger partial charge >= 0.3 is 0 Å². The summed E-state index contributed by atoms with van der Waals surface area (Å²) in [5, 5.41) is 8.55. The summed E-state index contributed by atoms with van der Waals surface area (Å²) in [6.07, 6.45) is 11.4. The number of aryl methyl sites for hydroxylation is 1. The quantitative estimate of drug-likeness (QED) is 0.314. The molecule has 0 saturated carbocycles. The van der Waals surface area contributed by atoms with Gasteiger partial charge in [0.2, 0.25) is 0 Å². The predicted octanol–water partition coefficient (Wildman–Crippen LogP) is 6.36. The first kappa shape index (κ1) is 21.4. The highest BCUT2D eigenvalue weighted by Crippen LogP contribution is 2.21. The Labute approximate surface area is 196 Å². The fraction of sp³-hybridized carbons (Fsp3) is 0.0714. The molecule has 0 fully saturated rings. The van der Waals surface area contributed by atoms with Gasteiger partial charge in [0, 0.05) is 25.0 Å². The van der Waals surface area contributed by atoms with Crippen molar-refractivity contribution in [3.8, 4) is 5.75 Å². The van der Waals surface area contributed by atoms with Crippen molar-refractivity contribution in [2.75, 3.05) is 0 Å². The number of H-pyrrole nitrogens is 1. The summed E-state index contributed by atoms with van der Waals surface area (Å²) in [5.41, 5.74) is 5.41. The Bertz CT molecular complexity index is 1480. The normalized spacial score (nSPS) is 11.7. The lowest BCUT2D eigenvalue weighted by atomic mass is 10.1. The minimum Gasteiger partial charge on any atom is -0.484 e. The number of ether oxygens (including phenoxy) is 1. The molecule has 0 aliphatic carbocycles. The standard InChI is InChI=1S/C28H23FN4O/c1-33-15-13-22-9-5-21(17-27(22)33)7-11-24-18-23(31-32-24)10-6-20-8-12-28(26(29)16-20)34-19-25-4-2-3-14-30-25/h2-18H,19H2,1H3,(H,31,32). The van der Waals surface area contributed by atoms with Gasteiger partial charge in [-0.2, -0.15) is 5.10 Å². The number of aromatic amines is 1. The first-order valence-electron chi connectivity index (χ1n) is 10.9. The number of hydrogen-bond acceptors (Lipinski definition) is 3.